The number of fused-ring (bicyclic) bond motifs is 1. The van der Waals surface area contributed by atoms with Crippen LogP contribution in [0.3, 0.4) is 0 Å². The minimum atomic E-state index is 0.119. The summed E-state index contributed by atoms with van der Waals surface area (Å²) in [6.07, 6.45) is 5.64. The van der Waals surface area contributed by atoms with Crippen molar-refractivity contribution >= 4 is 5.91 Å². The van der Waals surface area contributed by atoms with E-state index in [-0.39, 0.29) is 11.9 Å². The first-order chi connectivity index (χ1) is 6.24. The number of rotatable bonds is 3. The molecule has 3 atom stereocenters. The topological polar surface area (TPSA) is 29.1 Å². The Bertz CT molecular complexity index is 226. The lowest BCUT2D eigenvalue weighted by Gasteiger charge is -2.09. The average Bonchev–Trinajstić information content (AvgIpc) is 2.61. The molecule has 72 valence electrons. The molecule has 0 heterocycles. The lowest BCUT2D eigenvalue weighted by molar-refractivity contribution is -0.123. The summed E-state index contributed by atoms with van der Waals surface area (Å²) < 4.78 is 0. The Morgan fingerprint density at radius 3 is 2.69 bits per heavy atom. The molecule has 0 aromatic heterocycles. The van der Waals surface area contributed by atoms with Gasteiger partial charge in [0.2, 0.25) is 5.91 Å². The van der Waals surface area contributed by atoms with Gasteiger partial charge in [-0.2, -0.15) is 0 Å². The summed E-state index contributed by atoms with van der Waals surface area (Å²) in [4.78, 5) is 11.6. The third kappa shape index (κ3) is 1.50. The van der Waals surface area contributed by atoms with Crippen LogP contribution < -0.4 is 5.32 Å². The van der Waals surface area contributed by atoms with E-state index in [9.17, 15) is 4.79 Å². The highest BCUT2D eigenvalue weighted by Gasteiger charge is 2.56. The van der Waals surface area contributed by atoms with E-state index in [1.54, 1.807) is 6.08 Å². The Labute approximate surface area is 79.4 Å². The maximum absolute atomic E-state index is 11.6. The van der Waals surface area contributed by atoms with E-state index in [2.05, 4.69) is 11.9 Å². The van der Waals surface area contributed by atoms with Crippen LogP contribution in [-0.4, -0.2) is 11.9 Å². The fourth-order valence-corrected chi connectivity index (χ4v) is 2.59. The van der Waals surface area contributed by atoms with Gasteiger partial charge in [0.15, 0.2) is 0 Å². The second-order valence-electron chi connectivity index (χ2n) is 4.32. The van der Waals surface area contributed by atoms with Gasteiger partial charge in [-0.25, -0.2) is 0 Å². The molecule has 13 heavy (non-hydrogen) atoms. The molecule has 2 fully saturated rings. The van der Waals surface area contributed by atoms with Crippen LogP contribution in [0.2, 0.25) is 0 Å². The van der Waals surface area contributed by atoms with Crippen LogP contribution in [0.1, 0.15) is 26.2 Å². The average molecular weight is 179 g/mol. The SMILES string of the molecule is C=CC(C)NC(=O)C1C2CCCC21. The normalized spacial score (nSPS) is 37.8. The molecular weight excluding hydrogens is 162 g/mol. The van der Waals surface area contributed by atoms with E-state index >= 15 is 0 Å². The second-order valence-corrected chi connectivity index (χ2v) is 4.32. The Balaban J connectivity index is 1.83. The molecule has 0 aromatic carbocycles. The number of hydrogen-bond acceptors (Lipinski definition) is 1. The minimum Gasteiger partial charge on any atom is -0.350 e. The number of hydrogen-bond donors (Lipinski definition) is 1. The van der Waals surface area contributed by atoms with Crippen molar-refractivity contribution in [3.63, 3.8) is 0 Å². The van der Waals surface area contributed by atoms with Crippen LogP contribution in [0, 0.1) is 17.8 Å². The summed E-state index contributed by atoms with van der Waals surface area (Å²) in [6, 6.07) is 0.119. The lowest BCUT2D eigenvalue weighted by atomic mass is 10.1. The first kappa shape index (κ1) is 8.79. The Morgan fingerprint density at radius 1 is 1.54 bits per heavy atom. The molecule has 0 radical (unpaired) electrons. The first-order valence-corrected chi connectivity index (χ1v) is 5.17. The summed E-state index contributed by atoms with van der Waals surface area (Å²) in [5, 5.41) is 2.96. The molecule has 2 heteroatoms. The Morgan fingerprint density at radius 2 is 2.15 bits per heavy atom. The molecular formula is C11H17NO. The van der Waals surface area contributed by atoms with Crippen molar-refractivity contribution in [1.82, 2.24) is 5.32 Å². The highest BCUT2D eigenvalue weighted by molar-refractivity contribution is 5.82. The van der Waals surface area contributed by atoms with Crippen LogP contribution in [-0.2, 0) is 4.79 Å². The zero-order valence-corrected chi connectivity index (χ0v) is 8.12. The quantitative estimate of drug-likeness (QED) is 0.657. The zero-order valence-electron chi connectivity index (χ0n) is 8.12. The van der Waals surface area contributed by atoms with Gasteiger partial charge in [-0.05, 0) is 31.6 Å². The first-order valence-electron chi connectivity index (χ1n) is 5.17. The van der Waals surface area contributed by atoms with E-state index in [4.69, 9.17) is 0 Å². The van der Waals surface area contributed by atoms with Crippen molar-refractivity contribution in [3.05, 3.63) is 12.7 Å². The molecule has 0 bridgehead atoms. The van der Waals surface area contributed by atoms with Crippen molar-refractivity contribution in [2.24, 2.45) is 17.8 Å². The van der Waals surface area contributed by atoms with Gasteiger partial charge in [0.1, 0.15) is 0 Å². The van der Waals surface area contributed by atoms with Gasteiger partial charge >= 0.3 is 0 Å². The van der Waals surface area contributed by atoms with Gasteiger partial charge in [0, 0.05) is 12.0 Å². The summed E-state index contributed by atoms with van der Waals surface area (Å²) in [7, 11) is 0. The van der Waals surface area contributed by atoms with Crippen LogP contribution in [0.5, 0.6) is 0 Å². The summed E-state index contributed by atoms with van der Waals surface area (Å²) in [6.45, 7) is 5.61. The van der Waals surface area contributed by atoms with Crippen LogP contribution >= 0.6 is 0 Å². The Kier molecular flexibility index (Phi) is 2.14. The van der Waals surface area contributed by atoms with E-state index in [1.807, 2.05) is 6.92 Å². The molecule has 0 aliphatic heterocycles. The third-order valence-corrected chi connectivity index (χ3v) is 3.43. The van der Waals surface area contributed by atoms with E-state index < -0.39 is 0 Å². The zero-order chi connectivity index (χ0) is 9.42. The monoisotopic (exact) mass is 179 g/mol. The predicted octanol–water partition coefficient (Wildman–Crippen LogP) is 1.72. The van der Waals surface area contributed by atoms with Crippen molar-refractivity contribution in [1.29, 1.82) is 0 Å². The van der Waals surface area contributed by atoms with Gasteiger partial charge in [-0.1, -0.05) is 12.5 Å². The van der Waals surface area contributed by atoms with Gasteiger partial charge in [0.25, 0.3) is 0 Å². The van der Waals surface area contributed by atoms with E-state index in [1.165, 1.54) is 19.3 Å². The minimum absolute atomic E-state index is 0.119. The fourth-order valence-electron chi connectivity index (χ4n) is 2.59. The second kappa shape index (κ2) is 3.17. The smallest absolute Gasteiger partial charge is 0.224 e. The maximum Gasteiger partial charge on any atom is 0.224 e. The van der Waals surface area contributed by atoms with Crippen molar-refractivity contribution < 1.29 is 4.79 Å². The molecule has 1 N–H and O–H groups in total. The van der Waals surface area contributed by atoms with Crippen molar-refractivity contribution in [2.75, 3.05) is 0 Å². The van der Waals surface area contributed by atoms with E-state index in [0.717, 1.165) is 11.8 Å². The maximum atomic E-state index is 11.6. The van der Waals surface area contributed by atoms with Gasteiger partial charge < -0.3 is 5.32 Å². The van der Waals surface area contributed by atoms with Crippen LogP contribution in [0.25, 0.3) is 0 Å². The summed E-state index contributed by atoms with van der Waals surface area (Å²) in [5.74, 6) is 2.03. The van der Waals surface area contributed by atoms with E-state index in [0.29, 0.717) is 5.92 Å². The van der Waals surface area contributed by atoms with Gasteiger partial charge in [-0.3, -0.25) is 4.79 Å². The highest BCUT2D eigenvalue weighted by Crippen LogP contribution is 2.57. The molecule has 0 aromatic rings. The molecule has 2 aliphatic rings. The van der Waals surface area contributed by atoms with Gasteiger partial charge in [0.05, 0.1) is 0 Å². The Hall–Kier alpha value is -0.790. The fraction of sp³-hybridized carbons (Fsp3) is 0.727. The number of carbonyl (C=O) groups is 1. The van der Waals surface area contributed by atoms with Crippen molar-refractivity contribution in [3.8, 4) is 0 Å². The summed E-state index contributed by atoms with van der Waals surface area (Å²) >= 11 is 0. The highest BCUT2D eigenvalue weighted by atomic mass is 16.2. The van der Waals surface area contributed by atoms with Crippen LogP contribution in [0.15, 0.2) is 12.7 Å². The molecule has 1 amide bonds. The summed E-state index contributed by atoms with van der Waals surface area (Å²) in [5.41, 5.74) is 0. The van der Waals surface area contributed by atoms with Crippen LogP contribution in [0.4, 0.5) is 0 Å². The number of amides is 1. The largest absolute Gasteiger partial charge is 0.350 e. The molecule has 3 unspecified atom stereocenters. The molecule has 2 nitrogen and oxygen atoms in total. The third-order valence-electron chi connectivity index (χ3n) is 3.43. The molecule has 2 aliphatic carbocycles. The van der Waals surface area contributed by atoms with Gasteiger partial charge in [-0.15, -0.1) is 6.58 Å². The molecule has 2 rings (SSSR count). The molecule has 0 spiro atoms. The number of carbonyl (C=O) groups excluding carboxylic acids is 1. The number of nitrogens with one attached hydrogen (secondary N) is 1. The molecule has 2 saturated carbocycles. The molecule has 0 saturated heterocycles. The van der Waals surface area contributed by atoms with Crippen molar-refractivity contribution in [2.45, 2.75) is 32.2 Å². The lowest BCUT2D eigenvalue weighted by Crippen LogP contribution is -2.33. The predicted molar refractivity (Wildman–Crippen MR) is 52.1 cm³/mol. The standard InChI is InChI=1S/C11H17NO/c1-3-7(2)12-11(13)10-8-5-4-6-9(8)10/h3,7-10H,1,4-6H2,2H3,(H,12,13).